The van der Waals surface area contributed by atoms with Crippen molar-refractivity contribution >= 4 is 10.9 Å². The van der Waals surface area contributed by atoms with Gasteiger partial charge >= 0.3 is 0 Å². The quantitative estimate of drug-likeness (QED) is 0.666. The molecule has 0 aliphatic heterocycles. The Morgan fingerprint density at radius 3 is 2.30 bits per heavy atom. The maximum absolute atomic E-state index is 12.4. The Morgan fingerprint density at radius 2 is 1.65 bits per heavy atom. The molecule has 1 aromatic heterocycles. The summed E-state index contributed by atoms with van der Waals surface area (Å²) in [6, 6.07) is 14.0. The van der Waals surface area contributed by atoms with Crippen molar-refractivity contribution in [3.8, 4) is 11.3 Å². The van der Waals surface area contributed by atoms with E-state index in [2.05, 4.69) is 50.9 Å². The first-order valence-corrected chi connectivity index (χ1v) is 8.01. The molecule has 0 bridgehead atoms. The predicted octanol–water partition coefficient (Wildman–Crippen LogP) is 5.11. The third-order valence-corrected chi connectivity index (χ3v) is 4.46. The summed E-state index contributed by atoms with van der Waals surface area (Å²) < 4.78 is 0. The van der Waals surface area contributed by atoms with Crippen LogP contribution >= 0.6 is 0 Å². The topological polar surface area (TPSA) is 32.9 Å². The highest BCUT2D eigenvalue weighted by Crippen LogP contribution is 2.29. The molecule has 0 radical (unpaired) electrons. The lowest BCUT2D eigenvalue weighted by Crippen LogP contribution is -2.11. The van der Waals surface area contributed by atoms with Crippen LogP contribution in [0, 0.1) is 13.8 Å². The fourth-order valence-corrected chi connectivity index (χ4v) is 3.00. The standard InChI is InChI=1S/C21H23NO/c1-13-7-6-8-17-19(23)12-18(22-20(13)17)16-10-9-15(11-14(16)2)21(3,4)5/h6-12H,1-5H3,(H,22,23). The van der Waals surface area contributed by atoms with E-state index in [0.29, 0.717) is 0 Å². The molecular formula is C21H23NO. The molecule has 0 aliphatic carbocycles. The fraction of sp³-hybridized carbons (Fsp3) is 0.286. The van der Waals surface area contributed by atoms with Gasteiger partial charge in [-0.25, -0.2) is 0 Å². The van der Waals surface area contributed by atoms with Gasteiger partial charge in [-0.15, -0.1) is 0 Å². The number of nitrogens with one attached hydrogen (secondary N) is 1. The second-order valence-electron chi connectivity index (χ2n) is 7.32. The van der Waals surface area contributed by atoms with Gasteiger partial charge in [-0.1, -0.05) is 51.1 Å². The van der Waals surface area contributed by atoms with E-state index in [4.69, 9.17) is 0 Å². The highest BCUT2D eigenvalue weighted by molar-refractivity contribution is 5.84. The van der Waals surface area contributed by atoms with Crippen molar-refractivity contribution in [1.29, 1.82) is 0 Å². The number of aromatic amines is 1. The van der Waals surface area contributed by atoms with Crippen LogP contribution in [0.25, 0.3) is 22.2 Å². The van der Waals surface area contributed by atoms with Crippen LogP contribution < -0.4 is 5.43 Å². The van der Waals surface area contributed by atoms with Crippen molar-refractivity contribution < 1.29 is 0 Å². The van der Waals surface area contributed by atoms with Crippen molar-refractivity contribution in [2.75, 3.05) is 0 Å². The lowest BCUT2D eigenvalue weighted by Gasteiger charge is -2.20. The van der Waals surface area contributed by atoms with Gasteiger partial charge < -0.3 is 4.98 Å². The molecule has 0 unspecified atom stereocenters. The first-order valence-electron chi connectivity index (χ1n) is 8.01. The molecular weight excluding hydrogens is 282 g/mol. The molecule has 0 saturated carbocycles. The summed E-state index contributed by atoms with van der Waals surface area (Å²) in [6.45, 7) is 10.8. The molecule has 0 amide bonds. The van der Waals surface area contributed by atoms with Gasteiger partial charge in [0.2, 0.25) is 0 Å². The summed E-state index contributed by atoms with van der Waals surface area (Å²) in [4.78, 5) is 15.9. The minimum atomic E-state index is 0.0664. The summed E-state index contributed by atoms with van der Waals surface area (Å²) in [6.07, 6.45) is 0. The molecule has 0 spiro atoms. The van der Waals surface area contributed by atoms with Crippen LogP contribution in [0.4, 0.5) is 0 Å². The molecule has 1 N–H and O–H groups in total. The van der Waals surface area contributed by atoms with Crippen molar-refractivity contribution in [3.63, 3.8) is 0 Å². The number of H-pyrrole nitrogens is 1. The Balaban J connectivity index is 2.22. The van der Waals surface area contributed by atoms with Crippen molar-refractivity contribution in [3.05, 3.63) is 69.4 Å². The summed E-state index contributed by atoms with van der Waals surface area (Å²) in [5.74, 6) is 0. The van der Waals surface area contributed by atoms with Crippen LogP contribution in [-0.4, -0.2) is 4.98 Å². The molecule has 0 saturated heterocycles. The summed E-state index contributed by atoms with van der Waals surface area (Å²) in [5, 5.41) is 0.748. The number of hydrogen-bond acceptors (Lipinski definition) is 1. The minimum absolute atomic E-state index is 0.0664. The van der Waals surface area contributed by atoms with E-state index in [1.807, 2.05) is 25.1 Å². The van der Waals surface area contributed by atoms with Crippen LogP contribution in [0.3, 0.4) is 0 Å². The summed E-state index contributed by atoms with van der Waals surface area (Å²) in [5.41, 5.74) is 6.65. The third-order valence-electron chi connectivity index (χ3n) is 4.46. The number of hydrogen-bond donors (Lipinski definition) is 1. The van der Waals surface area contributed by atoms with Crippen LogP contribution in [0.2, 0.25) is 0 Å². The van der Waals surface area contributed by atoms with E-state index in [1.54, 1.807) is 6.07 Å². The van der Waals surface area contributed by atoms with Gasteiger partial charge in [-0.3, -0.25) is 4.79 Å². The van der Waals surface area contributed by atoms with E-state index < -0.39 is 0 Å². The smallest absolute Gasteiger partial charge is 0.190 e. The number of pyridine rings is 1. The predicted molar refractivity (Wildman–Crippen MR) is 98.2 cm³/mol. The van der Waals surface area contributed by atoms with Gasteiger partial charge in [0.1, 0.15) is 0 Å². The molecule has 1 heterocycles. The first-order chi connectivity index (χ1) is 10.8. The number of para-hydroxylation sites is 1. The maximum Gasteiger partial charge on any atom is 0.190 e. The highest BCUT2D eigenvalue weighted by atomic mass is 16.1. The minimum Gasteiger partial charge on any atom is -0.354 e. The van der Waals surface area contributed by atoms with Gasteiger partial charge in [0.05, 0.1) is 5.52 Å². The summed E-state index contributed by atoms with van der Waals surface area (Å²) >= 11 is 0. The zero-order valence-corrected chi connectivity index (χ0v) is 14.4. The third kappa shape index (κ3) is 2.81. The molecule has 3 rings (SSSR count). The number of benzene rings is 2. The van der Waals surface area contributed by atoms with E-state index in [-0.39, 0.29) is 10.8 Å². The molecule has 3 aromatic rings. The van der Waals surface area contributed by atoms with Crippen molar-refractivity contribution in [1.82, 2.24) is 4.98 Å². The molecule has 2 heteroatoms. The van der Waals surface area contributed by atoms with Gasteiger partial charge in [-0.05, 0) is 42.0 Å². The lowest BCUT2D eigenvalue weighted by molar-refractivity contribution is 0.590. The van der Waals surface area contributed by atoms with Gasteiger partial charge in [0.15, 0.2) is 5.43 Å². The zero-order valence-electron chi connectivity index (χ0n) is 14.4. The van der Waals surface area contributed by atoms with Crippen molar-refractivity contribution in [2.45, 2.75) is 40.0 Å². The maximum atomic E-state index is 12.4. The Hall–Kier alpha value is -2.35. The normalized spacial score (nSPS) is 11.9. The number of aryl methyl sites for hydroxylation is 2. The summed E-state index contributed by atoms with van der Waals surface area (Å²) in [7, 11) is 0. The van der Waals surface area contributed by atoms with E-state index in [1.165, 1.54) is 11.1 Å². The Bertz CT molecular complexity index is 942. The monoisotopic (exact) mass is 305 g/mol. The molecule has 0 fully saturated rings. The molecule has 23 heavy (non-hydrogen) atoms. The Labute approximate surface area is 137 Å². The highest BCUT2D eigenvalue weighted by Gasteiger charge is 2.15. The van der Waals surface area contributed by atoms with E-state index in [9.17, 15) is 4.79 Å². The molecule has 2 nitrogen and oxygen atoms in total. The van der Waals surface area contributed by atoms with Gasteiger partial charge in [0.25, 0.3) is 0 Å². The average molecular weight is 305 g/mol. The van der Waals surface area contributed by atoms with Gasteiger partial charge in [-0.2, -0.15) is 0 Å². The van der Waals surface area contributed by atoms with Crippen LogP contribution in [0.1, 0.15) is 37.5 Å². The lowest BCUT2D eigenvalue weighted by atomic mass is 9.85. The van der Waals surface area contributed by atoms with Gasteiger partial charge in [0, 0.05) is 22.7 Å². The first kappa shape index (κ1) is 15.5. The SMILES string of the molecule is Cc1cc(C(C)(C)C)ccc1-c1cc(=O)c2cccc(C)c2[nH]1. The van der Waals surface area contributed by atoms with Crippen LogP contribution in [0.5, 0.6) is 0 Å². The Kier molecular flexibility index (Phi) is 3.63. The second kappa shape index (κ2) is 5.38. The number of rotatable bonds is 1. The van der Waals surface area contributed by atoms with E-state index in [0.717, 1.165) is 27.7 Å². The molecule has 2 aromatic carbocycles. The molecule has 0 aliphatic rings. The second-order valence-corrected chi connectivity index (χ2v) is 7.32. The largest absolute Gasteiger partial charge is 0.354 e. The van der Waals surface area contributed by atoms with Crippen LogP contribution in [0.15, 0.2) is 47.3 Å². The van der Waals surface area contributed by atoms with Crippen LogP contribution in [-0.2, 0) is 5.41 Å². The Morgan fingerprint density at radius 1 is 0.913 bits per heavy atom. The molecule has 118 valence electrons. The number of aromatic nitrogens is 1. The number of fused-ring (bicyclic) bond motifs is 1. The average Bonchev–Trinajstić information content (AvgIpc) is 2.47. The van der Waals surface area contributed by atoms with E-state index >= 15 is 0 Å². The molecule has 0 atom stereocenters. The fourth-order valence-electron chi connectivity index (χ4n) is 3.00. The van der Waals surface area contributed by atoms with Crippen molar-refractivity contribution in [2.24, 2.45) is 0 Å². The zero-order chi connectivity index (χ0) is 16.8.